The molecule has 1 aromatic carbocycles. The van der Waals surface area contributed by atoms with Gasteiger partial charge in [0.1, 0.15) is 0 Å². The fourth-order valence-electron chi connectivity index (χ4n) is 2.65. The summed E-state index contributed by atoms with van der Waals surface area (Å²) in [5.74, 6) is 0.698. The second kappa shape index (κ2) is 7.36. The lowest BCUT2D eigenvalue weighted by Gasteiger charge is -2.29. The number of aromatic nitrogens is 1. The average molecular weight is 388 g/mol. The van der Waals surface area contributed by atoms with Gasteiger partial charge in [-0.1, -0.05) is 18.2 Å². The van der Waals surface area contributed by atoms with Crippen LogP contribution in [0.3, 0.4) is 0 Å². The van der Waals surface area contributed by atoms with Crippen molar-refractivity contribution in [2.24, 2.45) is 0 Å². The first-order valence-electron chi connectivity index (χ1n) is 6.36. The number of piperidine rings is 1. The molecule has 1 fully saturated rings. The van der Waals surface area contributed by atoms with Gasteiger partial charge < -0.3 is 4.90 Å². The van der Waals surface area contributed by atoms with Crippen molar-refractivity contribution in [2.75, 3.05) is 20.1 Å². The van der Waals surface area contributed by atoms with Crippen molar-refractivity contribution >= 4 is 44.9 Å². The highest BCUT2D eigenvalue weighted by molar-refractivity contribution is 8.93. The second-order valence-corrected chi connectivity index (χ2v) is 5.04. The molecule has 0 saturated carbocycles. The maximum atomic E-state index is 4.56. The van der Waals surface area contributed by atoms with Crippen LogP contribution in [0.4, 0.5) is 0 Å². The maximum absolute atomic E-state index is 4.56. The highest BCUT2D eigenvalue weighted by Crippen LogP contribution is 2.28. The topological polar surface area (TPSA) is 16.1 Å². The number of likely N-dealkylation sites (tertiary alicyclic amines) is 1. The van der Waals surface area contributed by atoms with Crippen LogP contribution in [-0.2, 0) is 0 Å². The first kappa shape index (κ1) is 16.6. The van der Waals surface area contributed by atoms with E-state index in [1.54, 1.807) is 0 Å². The Balaban J connectivity index is 0.000000902. The molecule has 0 unspecified atom stereocenters. The zero-order valence-electron chi connectivity index (χ0n) is 11.1. The zero-order valence-corrected chi connectivity index (χ0v) is 14.5. The zero-order chi connectivity index (χ0) is 11.7. The molecule has 4 heteroatoms. The Morgan fingerprint density at radius 3 is 2.53 bits per heavy atom. The molecule has 0 N–H and O–H groups in total. The van der Waals surface area contributed by atoms with E-state index in [9.17, 15) is 0 Å². The van der Waals surface area contributed by atoms with Gasteiger partial charge >= 0.3 is 0 Å². The average Bonchev–Trinajstić information content (AvgIpc) is 2.39. The number of para-hydroxylation sites is 1. The van der Waals surface area contributed by atoms with Gasteiger partial charge in [0.05, 0.1) is 5.52 Å². The second-order valence-electron chi connectivity index (χ2n) is 5.04. The lowest BCUT2D eigenvalue weighted by molar-refractivity contribution is 0.255. The Morgan fingerprint density at radius 2 is 1.79 bits per heavy atom. The molecule has 1 saturated heterocycles. The van der Waals surface area contributed by atoms with Crippen LogP contribution < -0.4 is 0 Å². The van der Waals surface area contributed by atoms with Gasteiger partial charge in [-0.3, -0.25) is 4.98 Å². The van der Waals surface area contributed by atoms with Crippen LogP contribution in [0, 0.1) is 0 Å². The van der Waals surface area contributed by atoms with Crippen molar-refractivity contribution in [3.63, 3.8) is 0 Å². The summed E-state index contributed by atoms with van der Waals surface area (Å²) in [6.07, 6.45) is 4.59. The molecule has 3 rings (SSSR count). The third kappa shape index (κ3) is 3.77. The van der Waals surface area contributed by atoms with Gasteiger partial charge in [-0.2, -0.15) is 0 Å². The summed E-state index contributed by atoms with van der Waals surface area (Å²) in [4.78, 5) is 6.97. The van der Waals surface area contributed by atoms with E-state index in [4.69, 9.17) is 0 Å². The van der Waals surface area contributed by atoms with E-state index < -0.39 is 0 Å². The number of halogens is 2. The molecule has 0 aliphatic carbocycles. The predicted molar refractivity (Wildman–Crippen MR) is 91.9 cm³/mol. The molecule has 1 aromatic heterocycles. The highest BCUT2D eigenvalue weighted by atomic mass is 79.9. The van der Waals surface area contributed by atoms with Crippen molar-refractivity contribution in [3.8, 4) is 0 Å². The molecule has 2 nitrogen and oxygen atoms in total. The SMILES string of the molecule is Br.Br.CN1CCC(c2cnc3ccccc3c2)CC1. The van der Waals surface area contributed by atoms with Gasteiger partial charge in [0.2, 0.25) is 0 Å². The number of hydrogen-bond donors (Lipinski definition) is 0. The van der Waals surface area contributed by atoms with Crippen molar-refractivity contribution in [1.82, 2.24) is 9.88 Å². The Morgan fingerprint density at radius 1 is 1.11 bits per heavy atom. The van der Waals surface area contributed by atoms with Gasteiger partial charge in [0.25, 0.3) is 0 Å². The van der Waals surface area contributed by atoms with Crippen LogP contribution in [0.15, 0.2) is 36.5 Å². The van der Waals surface area contributed by atoms with Crippen LogP contribution in [-0.4, -0.2) is 30.0 Å². The number of nitrogens with zero attached hydrogens (tertiary/aromatic N) is 2. The molecular weight excluding hydrogens is 368 g/mol. The molecule has 0 bridgehead atoms. The summed E-state index contributed by atoms with van der Waals surface area (Å²) in [5, 5.41) is 1.27. The van der Waals surface area contributed by atoms with Crippen molar-refractivity contribution < 1.29 is 0 Å². The summed E-state index contributed by atoms with van der Waals surface area (Å²) in [5.41, 5.74) is 2.51. The largest absolute Gasteiger partial charge is 0.306 e. The van der Waals surface area contributed by atoms with Crippen LogP contribution >= 0.6 is 34.0 Å². The minimum absolute atomic E-state index is 0. The normalized spacial score (nSPS) is 16.7. The predicted octanol–water partition coefficient (Wildman–Crippen LogP) is 4.20. The van der Waals surface area contributed by atoms with Gasteiger partial charge in [0.15, 0.2) is 0 Å². The monoisotopic (exact) mass is 386 g/mol. The Labute approximate surface area is 135 Å². The minimum Gasteiger partial charge on any atom is -0.306 e. The summed E-state index contributed by atoms with van der Waals surface area (Å²) >= 11 is 0. The smallest absolute Gasteiger partial charge is 0.0702 e. The number of pyridine rings is 1. The molecule has 0 atom stereocenters. The first-order chi connectivity index (χ1) is 8.33. The third-order valence-corrected chi connectivity index (χ3v) is 3.80. The Kier molecular flexibility index (Phi) is 6.43. The quantitative estimate of drug-likeness (QED) is 0.728. The van der Waals surface area contributed by atoms with Crippen molar-refractivity contribution in [3.05, 3.63) is 42.1 Å². The number of rotatable bonds is 1. The lowest BCUT2D eigenvalue weighted by atomic mass is 9.90. The maximum Gasteiger partial charge on any atom is 0.0702 e. The van der Waals surface area contributed by atoms with Crippen LogP contribution in [0.2, 0.25) is 0 Å². The number of benzene rings is 1. The lowest BCUT2D eigenvalue weighted by Crippen LogP contribution is -2.29. The molecule has 0 amide bonds. The van der Waals surface area contributed by atoms with Crippen molar-refractivity contribution in [2.45, 2.75) is 18.8 Å². The molecule has 1 aliphatic rings. The summed E-state index contributed by atoms with van der Waals surface area (Å²) in [7, 11) is 2.20. The molecule has 0 spiro atoms. The van der Waals surface area contributed by atoms with E-state index in [1.165, 1.54) is 36.9 Å². The van der Waals surface area contributed by atoms with E-state index in [1.807, 2.05) is 6.07 Å². The van der Waals surface area contributed by atoms with Gasteiger partial charge in [-0.15, -0.1) is 34.0 Å². The van der Waals surface area contributed by atoms with E-state index in [0.717, 1.165) is 5.52 Å². The van der Waals surface area contributed by atoms with E-state index in [-0.39, 0.29) is 34.0 Å². The summed E-state index contributed by atoms with van der Waals surface area (Å²) in [6, 6.07) is 10.7. The Hall–Kier alpha value is -0.450. The molecule has 19 heavy (non-hydrogen) atoms. The van der Waals surface area contributed by atoms with Crippen LogP contribution in [0.25, 0.3) is 10.9 Å². The number of hydrogen-bond acceptors (Lipinski definition) is 2. The van der Waals surface area contributed by atoms with E-state index in [2.05, 4.69) is 47.4 Å². The van der Waals surface area contributed by atoms with Gasteiger partial charge in [-0.05, 0) is 56.6 Å². The molecule has 2 aromatic rings. The van der Waals surface area contributed by atoms with Gasteiger partial charge in [0, 0.05) is 11.6 Å². The molecule has 104 valence electrons. The highest BCUT2D eigenvalue weighted by Gasteiger charge is 2.18. The minimum atomic E-state index is 0. The molecular formula is C15H20Br2N2. The fraction of sp³-hybridized carbons (Fsp3) is 0.400. The van der Waals surface area contributed by atoms with Gasteiger partial charge in [-0.25, -0.2) is 0 Å². The third-order valence-electron chi connectivity index (χ3n) is 3.80. The van der Waals surface area contributed by atoms with Crippen LogP contribution in [0.1, 0.15) is 24.3 Å². The summed E-state index contributed by atoms with van der Waals surface area (Å²) in [6.45, 7) is 2.41. The Bertz CT molecular complexity index is 522. The first-order valence-corrected chi connectivity index (χ1v) is 6.36. The standard InChI is InChI=1S/C15H18N2.2BrH/c1-17-8-6-12(7-9-17)14-10-13-4-2-3-5-15(13)16-11-14;;/h2-5,10-12H,6-9H2,1H3;2*1H. The molecule has 2 heterocycles. The van der Waals surface area contributed by atoms with Crippen molar-refractivity contribution in [1.29, 1.82) is 0 Å². The van der Waals surface area contributed by atoms with E-state index >= 15 is 0 Å². The fourth-order valence-corrected chi connectivity index (χ4v) is 2.65. The summed E-state index contributed by atoms with van der Waals surface area (Å²) < 4.78 is 0. The molecule has 0 radical (unpaired) electrons. The molecule has 1 aliphatic heterocycles. The number of fused-ring (bicyclic) bond motifs is 1. The van der Waals surface area contributed by atoms with Crippen LogP contribution in [0.5, 0.6) is 0 Å². The van der Waals surface area contributed by atoms with E-state index in [0.29, 0.717) is 5.92 Å².